The van der Waals surface area contributed by atoms with Gasteiger partial charge in [-0.15, -0.1) is 0 Å². The van der Waals surface area contributed by atoms with Crippen LogP contribution in [0.25, 0.3) is 0 Å². The summed E-state index contributed by atoms with van der Waals surface area (Å²) in [6, 6.07) is 0. The molecule has 0 saturated carbocycles. The molecule has 4 nitrogen and oxygen atoms in total. The van der Waals surface area contributed by atoms with Crippen molar-refractivity contribution < 1.29 is 14.7 Å². The van der Waals surface area contributed by atoms with Crippen molar-refractivity contribution in [2.75, 3.05) is 6.61 Å². The van der Waals surface area contributed by atoms with Gasteiger partial charge in [-0.2, -0.15) is 0 Å². The van der Waals surface area contributed by atoms with Gasteiger partial charge in [-0.1, -0.05) is 5.16 Å². The molecule has 1 N–H and O–H groups in total. The zero-order chi connectivity index (χ0) is 6.41. The summed E-state index contributed by atoms with van der Waals surface area (Å²) in [6.45, 7) is 1.11. The van der Waals surface area contributed by atoms with Crippen molar-refractivity contribution in [2.45, 2.75) is 6.92 Å². The Hall–Kier alpha value is -1.06. The normalized spacial score (nSPS) is 9.62. The predicted molar refractivity (Wildman–Crippen MR) is 26.7 cm³/mol. The van der Waals surface area contributed by atoms with Crippen LogP contribution in [0.3, 0.4) is 0 Å². The molecule has 0 amide bonds. The highest BCUT2D eigenvalue weighted by atomic mass is 16.6. The molecule has 4 heteroatoms. The fourth-order valence-corrected chi connectivity index (χ4v) is 0.152. The third-order valence-electron chi connectivity index (χ3n) is 0.344. The van der Waals surface area contributed by atoms with Gasteiger partial charge in [0.15, 0.2) is 0 Å². The number of carboxylic acids is 1. The quantitative estimate of drug-likeness (QED) is 0.416. The molecule has 0 aromatic carbocycles. The van der Waals surface area contributed by atoms with E-state index in [1.165, 1.54) is 6.92 Å². The lowest BCUT2D eigenvalue weighted by Gasteiger charge is -1.87. The van der Waals surface area contributed by atoms with Crippen LogP contribution in [0, 0.1) is 0 Å². The number of carbonyl (C=O) groups is 1. The molecule has 0 saturated heterocycles. The summed E-state index contributed by atoms with van der Waals surface area (Å²) >= 11 is 0. The molecule has 0 aromatic rings. The van der Waals surface area contributed by atoms with Gasteiger partial charge in [-0.25, -0.2) is 4.79 Å². The van der Waals surface area contributed by atoms with E-state index in [4.69, 9.17) is 5.11 Å². The molecule has 0 aromatic heterocycles. The van der Waals surface area contributed by atoms with E-state index in [2.05, 4.69) is 16.2 Å². The summed E-state index contributed by atoms with van der Waals surface area (Å²) in [5.41, 5.74) is 0. The SMILES string of the molecule is C/[C]=N/OCC(=O)O. The molecule has 45 valence electrons. The molecule has 0 spiro atoms. The molecule has 0 rings (SSSR count). The van der Waals surface area contributed by atoms with Crippen molar-refractivity contribution >= 4 is 12.2 Å². The highest BCUT2D eigenvalue weighted by molar-refractivity contribution is 5.68. The van der Waals surface area contributed by atoms with Crippen LogP contribution in [-0.2, 0) is 9.63 Å². The van der Waals surface area contributed by atoms with Gasteiger partial charge >= 0.3 is 5.97 Å². The molecule has 0 atom stereocenters. The van der Waals surface area contributed by atoms with E-state index in [-0.39, 0.29) is 0 Å². The Morgan fingerprint density at radius 2 is 2.62 bits per heavy atom. The van der Waals surface area contributed by atoms with Crippen LogP contribution in [-0.4, -0.2) is 23.9 Å². The van der Waals surface area contributed by atoms with E-state index in [0.717, 1.165) is 0 Å². The van der Waals surface area contributed by atoms with Crippen molar-refractivity contribution in [1.82, 2.24) is 0 Å². The maximum Gasteiger partial charge on any atom is 0.344 e. The first-order valence-corrected chi connectivity index (χ1v) is 1.98. The zero-order valence-corrected chi connectivity index (χ0v) is 4.42. The Labute approximate surface area is 46.8 Å². The van der Waals surface area contributed by atoms with Gasteiger partial charge in [0, 0.05) is 0 Å². The molecule has 0 bridgehead atoms. The van der Waals surface area contributed by atoms with Crippen LogP contribution in [0.4, 0.5) is 0 Å². The van der Waals surface area contributed by atoms with E-state index in [9.17, 15) is 4.79 Å². The molecule has 0 aliphatic rings. The van der Waals surface area contributed by atoms with Gasteiger partial charge in [0.1, 0.15) is 6.21 Å². The molecule has 0 heterocycles. The highest BCUT2D eigenvalue weighted by Gasteiger charge is 1.91. The maximum atomic E-state index is 9.66. The topological polar surface area (TPSA) is 58.9 Å². The monoisotopic (exact) mass is 116 g/mol. The summed E-state index contributed by atoms with van der Waals surface area (Å²) in [6.07, 6.45) is 2.26. The van der Waals surface area contributed by atoms with Crippen LogP contribution in [0.15, 0.2) is 5.16 Å². The lowest BCUT2D eigenvalue weighted by molar-refractivity contribution is -0.142. The molecular weight excluding hydrogens is 110 g/mol. The van der Waals surface area contributed by atoms with Gasteiger partial charge in [0.05, 0.1) is 0 Å². The summed E-state index contributed by atoms with van der Waals surface area (Å²) in [7, 11) is 0. The standard InChI is InChI=1S/C4H6NO3/c1-2-5-8-3-4(6)7/h3H2,1H3,(H,6,7). The minimum Gasteiger partial charge on any atom is -0.479 e. The number of aliphatic carboxylic acids is 1. The van der Waals surface area contributed by atoms with Crippen LogP contribution in [0.2, 0.25) is 0 Å². The van der Waals surface area contributed by atoms with E-state index in [1.807, 2.05) is 0 Å². The first kappa shape index (κ1) is 6.94. The van der Waals surface area contributed by atoms with Gasteiger partial charge in [0.25, 0.3) is 0 Å². The Kier molecular flexibility index (Phi) is 3.56. The number of carboxylic acid groups (broad SMARTS) is 1. The largest absolute Gasteiger partial charge is 0.479 e. The average Bonchev–Trinajstić information content (AvgIpc) is 1.66. The van der Waals surface area contributed by atoms with Crippen molar-refractivity contribution in [3.8, 4) is 0 Å². The summed E-state index contributed by atoms with van der Waals surface area (Å²) in [4.78, 5) is 13.8. The number of hydrogen-bond acceptors (Lipinski definition) is 3. The summed E-state index contributed by atoms with van der Waals surface area (Å²) < 4.78 is 0. The van der Waals surface area contributed by atoms with E-state index in [1.54, 1.807) is 0 Å². The Balaban J connectivity index is 3.05. The molecular formula is C4H6NO3. The van der Waals surface area contributed by atoms with Crippen molar-refractivity contribution in [3.05, 3.63) is 0 Å². The van der Waals surface area contributed by atoms with Crippen molar-refractivity contribution in [2.24, 2.45) is 5.16 Å². The van der Waals surface area contributed by atoms with Crippen LogP contribution in [0.5, 0.6) is 0 Å². The van der Waals surface area contributed by atoms with Crippen molar-refractivity contribution in [1.29, 1.82) is 0 Å². The van der Waals surface area contributed by atoms with Gasteiger partial charge in [0.2, 0.25) is 6.61 Å². The Bertz CT molecular complexity index is 99.5. The third-order valence-corrected chi connectivity index (χ3v) is 0.344. The van der Waals surface area contributed by atoms with Crippen molar-refractivity contribution in [3.63, 3.8) is 0 Å². The lowest BCUT2D eigenvalue weighted by atomic mass is 10.8. The summed E-state index contributed by atoms with van der Waals surface area (Å²) in [5, 5.41) is 11.0. The zero-order valence-electron chi connectivity index (χ0n) is 4.42. The Morgan fingerprint density at radius 1 is 2.00 bits per heavy atom. The number of nitrogens with zero attached hydrogens (tertiary/aromatic N) is 1. The van der Waals surface area contributed by atoms with E-state index >= 15 is 0 Å². The predicted octanol–water partition coefficient (Wildman–Crippen LogP) is -0.0297. The smallest absolute Gasteiger partial charge is 0.344 e. The van der Waals surface area contributed by atoms with E-state index in [0.29, 0.717) is 0 Å². The van der Waals surface area contributed by atoms with E-state index < -0.39 is 12.6 Å². The van der Waals surface area contributed by atoms with Crippen LogP contribution >= 0.6 is 0 Å². The number of rotatable bonds is 3. The van der Waals surface area contributed by atoms with Crippen LogP contribution in [0.1, 0.15) is 6.92 Å². The fraction of sp³-hybridized carbons (Fsp3) is 0.500. The second-order valence-electron chi connectivity index (χ2n) is 0.982. The molecule has 0 unspecified atom stereocenters. The first-order valence-electron chi connectivity index (χ1n) is 1.98. The highest BCUT2D eigenvalue weighted by Crippen LogP contribution is 1.71. The molecule has 8 heavy (non-hydrogen) atoms. The minimum absolute atomic E-state index is 0.402. The third kappa shape index (κ3) is 4.94. The maximum absolute atomic E-state index is 9.66. The number of hydrogen-bond donors (Lipinski definition) is 1. The van der Waals surface area contributed by atoms with Gasteiger partial charge in [-0.05, 0) is 6.92 Å². The fourth-order valence-electron chi connectivity index (χ4n) is 0.152. The van der Waals surface area contributed by atoms with Gasteiger partial charge < -0.3 is 9.94 Å². The Morgan fingerprint density at radius 3 is 3.00 bits per heavy atom. The minimum atomic E-state index is -1.04. The van der Waals surface area contributed by atoms with Crippen LogP contribution < -0.4 is 0 Å². The average molecular weight is 116 g/mol. The molecule has 0 aliphatic heterocycles. The molecule has 1 radical (unpaired) electrons. The molecule has 0 fully saturated rings. The molecule has 0 aliphatic carbocycles. The first-order chi connectivity index (χ1) is 3.77. The second kappa shape index (κ2) is 4.11. The summed E-state index contributed by atoms with van der Waals surface area (Å²) in [5.74, 6) is -1.04. The second-order valence-corrected chi connectivity index (χ2v) is 0.982. The van der Waals surface area contributed by atoms with Gasteiger partial charge in [-0.3, -0.25) is 0 Å². The lowest BCUT2D eigenvalue weighted by Crippen LogP contribution is -2.02.